The number of benzene rings is 1. The van der Waals surface area contributed by atoms with E-state index in [2.05, 4.69) is 12.2 Å². The molecule has 3 nitrogen and oxygen atoms in total. The van der Waals surface area contributed by atoms with E-state index in [1.54, 1.807) is 6.07 Å². The molecule has 2 atom stereocenters. The molecule has 1 fully saturated rings. The van der Waals surface area contributed by atoms with E-state index in [4.69, 9.17) is 5.11 Å². The van der Waals surface area contributed by atoms with Crippen LogP contribution in [0.25, 0.3) is 0 Å². The van der Waals surface area contributed by atoms with Crippen molar-refractivity contribution < 1.29 is 14.3 Å². The van der Waals surface area contributed by atoms with Gasteiger partial charge >= 0.3 is 5.97 Å². The van der Waals surface area contributed by atoms with E-state index >= 15 is 0 Å². The Kier molecular flexibility index (Phi) is 2.34. The predicted octanol–water partition coefficient (Wildman–Crippen LogP) is 2.34. The second-order valence-electron chi connectivity index (χ2n) is 3.93. The molecule has 0 bridgehead atoms. The zero-order valence-electron chi connectivity index (χ0n) is 8.33. The van der Waals surface area contributed by atoms with Crippen molar-refractivity contribution in [2.45, 2.75) is 19.4 Å². The molecule has 0 radical (unpaired) electrons. The van der Waals surface area contributed by atoms with Gasteiger partial charge in [-0.25, -0.2) is 9.18 Å². The SMILES string of the molecule is CC1CC1Nc1cccc(F)c1C(=O)O. The first-order chi connectivity index (χ1) is 7.09. The second kappa shape index (κ2) is 3.53. The molecule has 0 heterocycles. The van der Waals surface area contributed by atoms with Gasteiger partial charge in [-0.15, -0.1) is 0 Å². The van der Waals surface area contributed by atoms with Gasteiger partial charge in [-0.05, 0) is 24.5 Å². The van der Waals surface area contributed by atoms with E-state index in [-0.39, 0.29) is 11.6 Å². The lowest BCUT2D eigenvalue weighted by Crippen LogP contribution is -2.10. The molecule has 0 aromatic heterocycles. The summed E-state index contributed by atoms with van der Waals surface area (Å²) in [6.45, 7) is 2.07. The number of rotatable bonds is 3. The highest BCUT2D eigenvalue weighted by atomic mass is 19.1. The molecule has 1 aliphatic carbocycles. The molecule has 4 heteroatoms. The number of nitrogens with one attached hydrogen (secondary N) is 1. The fourth-order valence-electron chi connectivity index (χ4n) is 1.58. The maximum Gasteiger partial charge on any atom is 0.340 e. The zero-order valence-corrected chi connectivity index (χ0v) is 8.33. The van der Waals surface area contributed by atoms with Crippen LogP contribution in [-0.2, 0) is 0 Å². The van der Waals surface area contributed by atoms with Gasteiger partial charge in [0.15, 0.2) is 0 Å². The summed E-state index contributed by atoms with van der Waals surface area (Å²) in [5, 5.41) is 11.9. The number of hydrogen-bond acceptors (Lipinski definition) is 2. The monoisotopic (exact) mass is 209 g/mol. The largest absolute Gasteiger partial charge is 0.478 e. The van der Waals surface area contributed by atoms with Gasteiger partial charge in [0, 0.05) is 6.04 Å². The molecule has 1 aromatic rings. The summed E-state index contributed by atoms with van der Waals surface area (Å²) in [6.07, 6.45) is 1.01. The highest BCUT2D eigenvalue weighted by Gasteiger charge is 2.33. The lowest BCUT2D eigenvalue weighted by atomic mass is 10.1. The molecule has 2 unspecified atom stereocenters. The summed E-state index contributed by atoms with van der Waals surface area (Å²) in [5.41, 5.74) is 0.105. The fourth-order valence-corrected chi connectivity index (χ4v) is 1.58. The van der Waals surface area contributed by atoms with Gasteiger partial charge < -0.3 is 10.4 Å². The van der Waals surface area contributed by atoms with Crippen LogP contribution in [0.1, 0.15) is 23.7 Å². The molecule has 15 heavy (non-hydrogen) atoms. The van der Waals surface area contributed by atoms with Crippen LogP contribution in [0, 0.1) is 11.7 Å². The van der Waals surface area contributed by atoms with Gasteiger partial charge in [0.1, 0.15) is 11.4 Å². The van der Waals surface area contributed by atoms with Crippen molar-refractivity contribution in [2.75, 3.05) is 5.32 Å². The number of aromatic carboxylic acids is 1. The van der Waals surface area contributed by atoms with Gasteiger partial charge in [-0.3, -0.25) is 0 Å². The Labute approximate surface area is 86.9 Å². The minimum absolute atomic E-state index is 0.267. The predicted molar refractivity (Wildman–Crippen MR) is 54.6 cm³/mol. The molecular formula is C11H12FNO2. The molecule has 1 aromatic carbocycles. The first kappa shape index (κ1) is 9.96. The summed E-state index contributed by atoms with van der Waals surface area (Å²) in [6, 6.07) is 4.55. The summed E-state index contributed by atoms with van der Waals surface area (Å²) < 4.78 is 13.2. The Hall–Kier alpha value is -1.58. The van der Waals surface area contributed by atoms with Crippen molar-refractivity contribution in [1.29, 1.82) is 0 Å². The fraction of sp³-hybridized carbons (Fsp3) is 0.364. The van der Waals surface area contributed by atoms with Crippen LogP contribution in [0.3, 0.4) is 0 Å². The zero-order chi connectivity index (χ0) is 11.0. The average Bonchev–Trinajstić information content (AvgIpc) is 2.81. The summed E-state index contributed by atoms with van der Waals surface area (Å²) in [7, 11) is 0. The molecule has 80 valence electrons. The standard InChI is InChI=1S/C11H12FNO2/c1-6-5-9(6)13-8-4-2-3-7(12)10(8)11(14)15/h2-4,6,9,13H,5H2,1H3,(H,14,15). The minimum atomic E-state index is -1.23. The highest BCUT2D eigenvalue weighted by Crippen LogP contribution is 2.34. The average molecular weight is 209 g/mol. The minimum Gasteiger partial charge on any atom is -0.478 e. The van der Waals surface area contributed by atoms with Crippen molar-refractivity contribution in [2.24, 2.45) is 5.92 Å². The van der Waals surface area contributed by atoms with Crippen LogP contribution in [-0.4, -0.2) is 17.1 Å². The lowest BCUT2D eigenvalue weighted by Gasteiger charge is -2.09. The van der Waals surface area contributed by atoms with Crippen LogP contribution in [0.15, 0.2) is 18.2 Å². The Balaban J connectivity index is 2.29. The van der Waals surface area contributed by atoms with E-state index in [1.807, 2.05) is 0 Å². The maximum atomic E-state index is 13.2. The normalized spacial score (nSPS) is 23.6. The van der Waals surface area contributed by atoms with Crippen molar-refractivity contribution in [1.82, 2.24) is 0 Å². The first-order valence-corrected chi connectivity index (χ1v) is 4.88. The van der Waals surface area contributed by atoms with E-state index in [0.29, 0.717) is 11.6 Å². The van der Waals surface area contributed by atoms with E-state index in [1.165, 1.54) is 6.07 Å². The number of halogens is 1. The maximum absolute atomic E-state index is 13.2. The van der Waals surface area contributed by atoms with E-state index in [9.17, 15) is 9.18 Å². The number of hydrogen-bond donors (Lipinski definition) is 2. The number of carboxylic acid groups (broad SMARTS) is 1. The molecule has 1 aliphatic rings. The topological polar surface area (TPSA) is 49.3 Å². The Morgan fingerprint density at radius 3 is 2.80 bits per heavy atom. The van der Waals surface area contributed by atoms with Gasteiger partial charge in [0.05, 0.1) is 5.69 Å². The van der Waals surface area contributed by atoms with Gasteiger partial charge in [0.25, 0.3) is 0 Å². The number of anilines is 1. The molecule has 0 amide bonds. The highest BCUT2D eigenvalue weighted by molar-refractivity contribution is 5.94. The van der Waals surface area contributed by atoms with Gasteiger partial charge in [-0.2, -0.15) is 0 Å². The van der Waals surface area contributed by atoms with Crippen LogP contribution in [0.4, 0.5) is 10.1 Å². The van der Waals surface area contributed by atoms with Crippen molar-refractivity contribution >= 4 is 11.7 Å². The molecule has 1 saturated carbocycles. The Morgan fingerprint density at radius 2 is 2.27 bits per heavy atom. The smallest absolute Gasteiger partial charge is 0.340 e. The molecule has 2 rings (SSSR count). The van der Waals surface area contributed by atoms with Crippen molar-refractivity contribution in [3.63, 3.8) is 0 Å². The summed E-state index contributed by atoms with van der Waals surface area (Å²) in [4.78, 5) is 10.8. The Bertz CT molecular complexity index is 406. The third-order valence-electron chi connectivity index (χ3n) is 2.68. The van der Waals surface area contributed by atoms with Gasteiger partial charge in [-0.1, -0.05) is 13.0 Å². The molecule has 0 saturated heterocycles. The van der Waals surface area contributed by atoms with Gasteiger partial charge in [0.2, 0.25) is 0 Å². The van der Waals surface area contributed by atoms with E-state index < -0.39 is 11.8 Å². The number of carboxylic acids is 1. The molecule has 0 spiro atoms. The Morgan fingerprint density at radius 1 is 1.60 bits per heavy atom. The second-order valence-corrected chi connectivity index (χ2v) is 3.93. The molecule has 0 aliphatic heterocycles. The quantitative estimate of drug-likeness (QED) is 0.803. The van der Waals surface area contributed by atoms with Crippen LogP contribution < -0.4 is 5.32 Å². The van der Waals surface area contributed by atoms with Crippen molar-refractivity contribution in [3.8, 4) is 0 Å². The molecule has 2 N–H and O–H groups in total. The number of carbonyl (C=O) groups is 1. The van der Waals surface area contributed by atoms with Crippen molar-refractivity contribution in [3.05, 3.63) is 29.6 Å². The summed E-state index contributed by atoms with van der Waals surface area (Å²) in [5.74, 6) is -1.39. The van der Waals surface area contributed by atoms with Crippen LogP contribution in [0.2, 0.25) is 0 Å². The summed E-state index contributed by atoms with van der Waals surface area (Å²) >= 11 is 0. The molecular weight excluding hydrogens is 197 g/mol. The van der Waals surface area contributed by atoms with Crippen LogP contribution >= 0.6 is 0 Å². The van der Waals surface area contributed by atoms with E-state index in [0.717, 1.165) is 12.5 Å². The third-order valence-corrected chi connectivity index (χ3v) is 2.68. The first-order valence-electron chi connectivity index (χ1n) is 4.88. The lowest BCUT2D eigenvalue weighted by molar-refractivity contribution is 0.0693. The van der Waals surface area contributed by atoms with Crippen LogP contribution in [0.5, 0.6) is 0 Å². The third kappa shape index (κ3) is 1.93.